The van der Waals surface area contributed by atoms with Gasteiger partial charge in [0.25, 0.3) is 5.24 Å². The van der Waals surface area contributed by atoms with Gasteiger partial charge in [0.15, 0.2) is 0 Å². The van der Waals surface area contributed by atoms with Crippen LogP contribution in [0.25, 0.3) is 10.9 Å². The molecule has 2 aromatic rings. The molecule has 4 heteroatoms. The number of halogens is 1. The predicted octanol–water partition coefficient (Wildman–Crippen LogP) is 2.43. The van der Waals surface area contributed by atoms with Gasteiger partial charge in [-0.2, -0.15) is 0 Å². The zero-order valence-electron chi connectivity index (χ0n) is 8.95. The van der Waals surface area contributed by atoms with Crippen LogP contribution >= 0.6 is 11.6 Å². The first kappa shape index (κ1) is 10.9. The molecule has 1 aromatic heterocycles. The number of benzene rings is 1. The number of nitrogens with zero attached hydrogens (tertiary/aromatic N) is 1. The number of aryl methyl sites for hydroxylation is 2. The summed E-state index contributed by atoms with van der Waals surface area (Å²) in [5, 5.41) is -0.185. The summed E-state index contributed by atoms with van der Waals surface area (Å²) in [6.07, 6.45) is 1.64. The summed E-state index contributed by atoms with van der Waals surface area (Å²) in [6.45, 7) is 1.96. The Bertz CT molecular complexity index is 598. The normalized spacial score (nSPS) is 10.7. The molecule has 0 saturated heterocycles. The van der Waals surface area contributed by atoms with E-state index >= 15 is 0 Å². The minimum Gasteiger partial charge on any atom is -0.350 e. The lowest BCUT2D eigenvalue weighted by molar-refractivity contribution is -0.108. The van der Waals surface area contributed by atoms with Crippen LogP contribution in [0, 0.1) is 6.92 Å². The number of carbonyl (C=O) groups excluding carboxylic acids is 2. The van der Waals surface area contributed by atoms with Crippen molar-refractivity contribution in [1.82, 2.24) is 4.57 Å². The molecule has 0 bridgehead atoms. The van der Waals surface area contributed by atoms with Crippen LogP contribution in [0.3, 0.4) is 0 Å². The van der Waals surface area contributed by atoms with Crippen molar-refractivity contribution in [2.24, 2.45) is 7.05 Å². The van der Waals surface area contributed by atoms with Crippen LogP contribution in [0.2, 0.25) is 0 Å². The third kappa shape index (κ3) is 1.53. The maximum Gasteiger partial charge on any atom is 0.293 e. The van der Waals surface area contributed by atoms with Gasteiger partial charge in [-0.05, 0) is 24.1 Å². The van der Waals surface area contributed by atoms with Gasteiger partial charge in [-0.1, -0.05) is 18.2 Å². The fourth-order valence-corrected chi connectivity index (χ4v) is 2.06. The number of para-hydroxylation sites is 1. The highest BCUT2D eigenvalue weighted by molar-refractivity contribution is 6.83. The second-order valence-electron chi connectivity index (χ2n) is 3.73. The van der Waals surface area contributed by atoms with E-state index in [1.165, 1.54) is 0 Å². The van der Waals surface area contributed by atoms with E-state index in [0.717, 1.165) is 16.5 Å². The zero-order chi connectivity index (χ0) is 11.9. The number of rotatable bonds is 2. The van der Waals surface area contributed by atoms with Gasteiger partial charge in [-0.3, -0.25) is 9.59 Å². The van der Waals surface area contributed by atoms with Crippen molar-refractivity contribution >= 4 is 33.5 Å². The van der Waals surface area contributed by atoms with Crippen molar-refractivity contribution < 1.29 is 9.59 Å². The standard InChI is InChI=1S/C12H10ClNO2/c1-7-4-3-5-8-9(11(15)12(13)16)6-14(2)10(7)8/h3-6H,1-2H3. The van der Waals surface area contributed by atoms with Crippen LogP contribution in [0.5, 0.6) is 0 Å². The quantitative estimate of drug-likeness (QED) is 0.456. The number of Topliss-reactive ketones (excluding diaryl/α,β-unsaturated/α-hetero) is 1. The molecule has 0 radical (unpaired) electrons. The minimum atomic E-state index is -0.950. The van der Waals surface area contributed by atoms with Crippen LogP contribution in [0.1, 0.15) is 15.9 Å². The highest BCUT2D eigenvalue weighted by Crippen LogP contribution is 2.24. The van der Waals surface area contributed by atoms with Crippen molar-refractivity contribution in [2.75, 3.05) is 0 Å². The molecule has 0 fully saturated rings. The van der Waals surface area contributed by atoms with E-state index in [4.69, 9.17) is 11.6 Å². The largest absolute Gasteiger partial charge is 0.350 e. The first-order chi connectivity index (χ1) is 7.52. The SMILES string of the molecule is Cc1cccc2c(C(=O)C(=O)Cl)cn(C)c12. The summed E-state index contributed by atoms with van der Waals surface area (Å²) >= 11 is 5.21. The maximum absolute atomic E-state index is 11.6. The Morgan fingerprint density at radius 1 is 1.31 bits per heavy atom. The number of fused-ring (bicyclic) bond motifs is 1. The molecule has 0 unspecified atom stereocenters. The molecule has 3 nitrogen and oxygen atoms in total. The number of aromatic nitrogens is 1. The second kappa shape index (κ2) is 3.76. The van der Waals surface area contributed by atoms with Crippen molar-refractivity contribution in [3.05, 3.63) is 35.5 Å². The van der Waals surface area contributed by atoms with Crippen LogP contribution in [-0.2, 0) is 11.8 Å². The van der Waals surface area contributed by atoms with Gasteiger partial charge in [0.2, 0.25) is 5.78 Å². The van der Waals surface area contributed by atoms with E-state index in [9.17, 15) is 9.59 Å². The van der Waals surface area contributed by atoms with E-state index in [1.54, 1.807) is 6.20 Å². The molecule has 1 heterocycles. The highest BCUT2D eigenvalue weighted by atomic mass is 35.5. The molecule has 0 spiro atoms. The van der Waals surface area contributed by atoms with Crippen molar-refractivity contribution in [2.45, 2.75) is 6.92 Å². The third-order valence-corrected chi connectivity index (χ3v) is 2.80. The molecular formula is C12H10ClNO2. The van der Waals surface area contributed by atoms with E-state index < -0.39 is 11.0 Å². The lowest BCUT2D eigenvalue weighted by Crippen LogP contribution is -2.06. The Morgan fingerprint density at radius 3 is 2.62 bits per heavy atom. The fourth-order valence-electron chi connectivity index (χ4n) is 1.96. The smallest absolute Gasteiger partial charge is 0.293 e. The minimum absolute atomic E-state index is 0.362. The molecular weight excluding hydrogens is 226 g/mol. The van der Waals surface area contributed by atoms with Gasteiger partial charge in [0.1, 0.15) is 0 Å². The van der Waals surface area contributed by atoms with E-state index in [1.807, 2.05) is 36.7 Å². The predicted molar refractivity (Wildman–Crippen MR) is 62.8 cm³/mol. The molecule has 0 atom stereocenters. The zero-order valence-corrected chi connectivity index (χ0v) is 9.71. The summed E-state index contributed by atoms with van der Waals surface area (Å²) < 4.78 is 1.83. The fraction of sp³-hybridized carbons (Fsp3) is 0.167. The molecule has 16 heavy (non-hydrogen) atoms. The van der Waals surface area contributed by atoms with Gasteiger partial charge < -0.3 is 4.57 Å². The first-order valence-electron chi connectivity index (χ1n) is 4.81. The molecule has 82 valence electrons. The van der Waals surface area contributed by atoms with Crippen LogP contribution < -0.4 is 0 Å². The van der Waals surface area contributed by atoms with E-state index in [-0.39, 0.29) is 0 Å². The monoisotopic (exact) mass is 235 g/mol. The molecule has 0 aliphatic rings. The summed E-state index contributed by atoms with van der Waals surface area (Å²) in [6, 6.07) is 5.63. The first-order valence-corrected chi connectivity index (χ1v) is 5.19. The van der Waals surface area contributed by atoms with Crippen molar-refractivity contribution in [3.8, 4) is 0 Å². The summed E-state index contributed by atoms with van der Waals surface area (Å²) in [4.78, 5) is 22.5. The number of carbonyl (C=O) groups is 2. The molecule has 0 N–H and O–H groups in total. The van der Waals surface area contributed by atoms with Crippen LogP contribution in [-0.4, -0.2) is 15.6 Å². The molecule has 2 rings (SSSR count). The Hall–Kier alpha value is -1.61. The molecule has 0 amide bonds. The lowest BCUT2D eigenvalue weighted by Gasteiger charge is -1.99. The summed E-state index contributed by atoms with van der Waals surface area (Å²) in [7, 11) is 1.84. The van der Waals surface area contributed by atoms with Gasteiger partial charge in [-0.25, -0.2) is 0 Å². The number of hydrogen-bond acceptors (Lipinski definition) is 2. The molecule has 1 aromatic carbocycles. The van der Waals surface area contributed by atoms with E-state index in [0.29, 0.717) is 5.56 Å². The van der Waals surface area contributed by atoms with Gasteiger partial charge >= 0.3 is 0 Å². The summed E-state index contributed by atoms with van der Waals surface area (Å²) in [5.41, 5.74) is 2.37. The van der Waals surface area contributed by atoms with Crippen LogP contribution in [0.15, 0.2) is 24.4 Å². The van der Waals surface area contributed by atoms with Gasteiger partial charge in [-0.15, -0.1) is 0 Å². The van der Waals surface area contributed by atoms with Crippen molar-refractivity contribution in [3.63, 3.8) is 0 Å². The lowest BCUT2D eigenvalue weighted by atomic mass is 10.1. The third-order valence-electron chi connectivity index (χ3n) is 2.63. The Balaban J connectivity index is 2.79. The number of ketones is 1. The molecule has 0 aliphatic carbocycles. The Kier molecular flexibility index (Phi) is 2.56. The maximum atomic E-state index is 11.6. The Labute approximate surface area is 97.6 Å². The van der Waals surface area contributed by atoms with Crippen molar-refractivity contribution in [1.29, 1.82) is 0 Å². The average molecular weight is 236 g/mol. The average Bonchev–Trinajstić information content (AvgIpc) is 2.56. The van der Waals surface area contributed by atoms with E-state index in [2.05, 4.69) is 0 Å². The molecule has 0 saturated carbocycles. The van der Waals surface area contributed by atoms with Crippen LogP contribution in [0.4, 0.5) is 0 Å². The molecule has 0 aliphatic heterocycles. The Morgan fingerprint density at radius 2 is 2.00 bits per heavy atom. The van der Waals surface area contributed by atoms with Gasteiger partial charge in [0, 0.05) is 18.6 Å². The van der Waals surface area contributed by atoms with Gasteiger partial charge in [0.05, 0.1) is 11.1 Å². The summed E-state index contributed by atoms with van der Waals surface area (Å²) in [5.74, 6) is -0.655. The second-order valence-corrected chi connectivity index (χ2v) is 4.07. The highest BCUT2D eigenvalue weighted by Gasteiger charge is 2.19. The topological polar surface area (TPSA) is 39.1 Å². The number of hydrogen-bond donors (Lipinski definition) is 0.